The zero-order valence-corrected chi connectivity index (χ0v) is 19.0. The molecule has 3 atom stereocenters. The van der Waals surface area contributed by atoms with E-state index in [-0.39, 0.29) is 32.2 Å². The van der Waals surface area contributed by atoms with Crippen molar-refractivity contribution in [3.63, 3.8) is 0 Å². The Labute approximate surface area is 198 Å². The van der Waals surface area contributed by atoms with E-state index in [0.717, 1.165) is 5.56 Å². The van der Waals surface area contributed by atoms with Crippen LogP contribution in [-0.4, -0.2) is 65.9 Å². The lowest BCUT2D eigenvalue weighted by Gasteiger charge is -2.24. The number of hydrogen-bond acceptors (Lipinski definition) is 7. The molecule has 0 aliphatic carbocycles. The maximum absolute atomic E-state index is 12.9. The van der Waals surface area contributed by atoms with E-state index >= 15 is 0 Å². The van der Waals surface area contributed by atoms with E-state index in [4.69, 9.17) is 17.2 Å². The van der Waals surface area contributed by atoms with Gasteiger partial charge >= 0.3 is 5.97 Å². The van der Waals surface area contributed by atoms with E-state index in [1.54, 1.807) is 30.3 Å². The highest BCUT2D eigenvalue weighted by atomic mass is 16.4. The van der Waals surface area contributed by atoms with Gasteiger partial charge in [0, 0.05) is 12.8 Å². The molecule has 10 N–H and O–H groups in total. The summed E-state index contributed by atoms with van der Waals surface area (Å²) in [5.41, 5.74) is 16.7. The van der Waals surface area contributed by atoms with Gasteiger partial charge in [-0.15, -0.1) is 0 Å². The van der Waals surface area contributed by atoms with E-state index in [9.17, 15) is 29.1 Å². The largest absolute Gasteiger partial charge is 0.480 e. The van der Waals surface area contributed by atoms with Crippen LogP contribution in [0.1, 0.15) is 37.7 Å². The number of carboxylic acid groups (broad SMARTS) is 1. The quantitative estimate of drug-likeness (QED) is 0.133. The number of nitrogens with two attached hydrogens (primary N) is 3. The van der Waals surface area contributed by atoms with Crippen LogP contribution in [0.25, 0.3) is 0 Å². The van der Waals surface area contributed by atoms with Crippen molar-refractivity contribution in [1.82, 2.24) is 16.0 Å². The normalized spacial score (nSPS) is 13.2. The van der Waals surface area contributed by atoms with Crippen molar-refractivity contribution in [1.29, 1.82) is 0 Å². The molecule has 0 heterocycles. The molecular weight excluding hydrogens is 444 g/mol. The molecule has 0 aliphatic rings. The Bertz CT molecular complexity index is 834. The number of amides is 4. The van der Waals surface area contributed by atoms with Crippen molar-refractivity contribution < 1.29 is 29.1 Å². The third-order valence-corrected chi connectivity index (χ3v) is 4.99. The third kappa shape index (κ3) is 10.9. The average Bonchev–Trinajstić information content (AvgIpc) is 2.80. The maximum Gasteiger partial charge on any atom is 0.326 e. The van der Waals surface area contributed by atoms with Gasteiger partial charge < -0.3 is 38.3 Å². The minimum atomic E-state index is -1.22. The van der Waals surface area contributed by atoms with Crippen molar-refractivity contribution in [3.8, 4) is 0 Å². The molecular formula is C22H34N6O6. The Morgan fingerprint density at radius 2 is 1.41 bits per heavy atom. The van der Waals surface area contributed by atoms with E-state index in [1.165, 1.54) is 0 Å². The fourth-order valence-corrected chi connectivity index (χ4v) is 3.16. The minimum absolute atomic E-state index is 0.0547. The Hall–Kier alpha value is -3.51. The highest BCUT2D eigenvalue weighted by Crippen LogP contribution is 2.07. The topological polar surface area (TPSA) is 220 Å². The first-order valence-corrected chi connectivity index (χ1v) is 11.0. The van der Waals surface area contributed by atoms with Gasteiger partial charge in [-0.3, -0.25) is 19.2 Å². The lowest BCUT2D eigenvalue weighted by atomic mass is 10.0. The van der Waals surface area contributed by atoms with Gasteiger partial charge in [-0.25, -0.2) is 4.79 Å². The van der Waals surface area contributed by atoms with Gasteiger partial charge in [0.05, 0.1) is 6.54 Å². The van der Waals surface area contributed by atoms with Gasteiger partial charge in [0.2, 0.25) is 23.6 Å². The van der Waals surface area contributed by atoms with Crippen LogP contribution in [0.2, 0.25) is 0 Å². The molecule has 0 saturated heterocycles. The van der Waals surface area contributed by atoms with Crippen molar-refractivity contribution in [3.05, 3.63) is 35.9 Å². The number of unbranched alkanes of at least 4 members (excludes halogenated alkanes) is 1. The second-order valence-corrected chi connectivity index (χ2v) is 7.76. The summed E-state index contributed by atoms with van der Waals surface area (Å²) < 4.78 is 0. The first-order valence-electron chi connectivity index (χ1n) is 11.0. The summed E-state index contributed by atoms with van der Waals surface area (Å²) in [6, 6.07) is 5.35. The fraction of sp³-hybridized carbons (Fsp3) is 0.500. The average molecular weight is 479 g/mol. The Balaban J connectivity index is 2.96. The first kappa shape index (κ1) is 28.5. The van der Waals surface area contributed by atoms with E-state index < -0.39 is 47.7 Å². The summed E-state index contributed by atoms with van der Waals surface area (Å²) in [6.07, 6.45) is 1.06. The van der Waals surface area contributed by atoms with E-state index in [1.807, 2.05) is 0 Å². The highest BCUT2D eigenvalue weighted by Gasteiger charge is 2.29. The molecule has 0 spiro atoms. The van der Waals surface area contributed by atoms with Crippen LogP contribution in [0.5, 0.6) is 0 Å². The second kappa shape index (κ2) is 15.3. The number of primary amides is 1. The molecule has 0 saturated carbocycles. The van der Waals surface area contributed by atoms with Gasteiger partial charge in [-0.1, -0.05) is 30.3 Å². The van der Waals surface area contributed by atoms with Crippen molar-refractivity contribution in [2.75, 3.05) is 13.1 Å². The third-order valence-electron chi connectivity index (χ3n) is 4.99. The number of benzene rings is 1. The molecule has 0 bridgehead atoms. The minimum Gasteiger partial charge on any atom is -0.480 e. The number of rotatable bonds is 16. The SMILES string of the molecule is NCCCCC(NC(=O)C(CCC(N)=O)NC(=O)CN)C(=O)NC(Cc1ccccc1)C(=O)O. The molecule has 1 aromatic carbocycles. The summed E-state index contributed by atoms with van der Waals surface area (Å²) >= 11 is 0. The summed E-state index contributed by atoms with van der Waals surface area (Å²) in [5.74, 6) is -3.91. The second-order valence-electron chi connectivity index (χ2n) is 7.76. The van der Waals surface area contributed by atoms with Gasteiger partial charge in [0.1, 0.15) is 18.1 Å². The number of aliphatic carboxylic acids is 1. The van der Waals surface area contributed by atoms with Crippen LogP contribution in [0.4, 0.5) is 0 Å². The van der Waals surface area contributed by atoms with Crippen molar-refractivity contribution in [2.24, 2.45) is 17.2 Å². The number of nitrogens with one attached hydrogen (secondary N) is 3. The van der Waals surface area contributed by atoms with Gasteiger partial charge in [-0.05, 0) is 37.8 Å². The smallest absolute Gasteiger partial charge is 0.326 e. The lowest BCUT2D eigenvalue weighted by Crippen LogP contribution is -2.56. The molecule has 12 heteroatoms. The summed E-state index contributed by atoms with van der Waals surface area (Å²) in [4.78, 5) is 60.4. The molecule has 0 aliphatic heterocycles. The zero-order valence-electron chi connectivity index (χ0n) is 19.0. The molecule has 3 unspecified atom stereocenters. The number of carbonyl (C=O) groups excluding carboxylic acids is 4. The van der Waals surface area contributed by atoms with E-state index in [0.29, 0.717) is 19.4 Å². The van der Waals surface area contributed by atoms with Crippen LogP contribution >= 0.6 is 0 Å². The molecule has 188 valence electrons. The molecule has 1 aromatic rings. The zero-order chi connectivity index (χ0) is 25.5. The van der Waals surface area contributed by atoms with Gasteiger partial charge in [0.25, 0.3) is 0 Å². The van der Waals surface area contributed by atoms with E-state index in [2.05, 4.69) is 16.0 Å². The standard InChI is InChI=1S/C22H34N6O6/c23-11-5-4-8-15(27-21(32)16(9-10-18(25)29)26-19(30)13-24)20(31)28-17(22(33)34)12-14-6-2-1-3-7-14/h1-3,6-7,15-17H,4-5,8-13,23-24H2,(H2,25,29)(H,26,30)(H,27,32)(H,28,31)(H,33,34). The first-order chi connectivity index (χ1) is 16.2. The summed E-state index contributed by atoms with van der Waals surface area (Å²) in [6.45, 7) is 0.00236. The number of carboxylic acids is 1. The predicted octanol–water partition coefficient (Wildman–Crippen LogP) is -1.88. The predicted molar refractivity (Wildman–Crippen MR) is 124 cm³/mol. The fourth-order valence-electron chi connectivity index (χ4n) is 3.16. The molecule has 0 fully saturated rings. The Morgan fingerprint density at radius 1 is 0.824 bits per heavy atom. The van der Waals surface area contributed by atoms with Crippen LogP contribution in [0, 0.1) is 0 Å². The molecule has 12 nitrogen and oxygen atoms in total. The molecule has 34 heavy (non-hydrogen) atoms. The maximum atomic E-state index is 12.9. The highest BCUT2D eigenvalue weighted by molar-refractivity contribution is 5.93. The summed E-state index contributed by atoms with van der Waals surface area (Å²) in [7, 11) is 0. The van der Waals surface area contributed by atoms with Gasteiger partial charge in [0.15, 0.2) is 0 Å². The summed E-state index contributed by atoms with van der Waals surface area (Å²) in [5, 5.41) is 17.0. The van der Waals surface area contributed by atoms with Crippen LogP contribution in [0.3, 0.4) is 0 Å². The molecule has 0 aromatic heterocycles. The van der Waals surface area contributed by atoms with Gasteiger partial charge in [-0.2, -0.15) is 0 Å². The van der Waals surface area contributed by atoms with Crippen LogP contribution in [-0.2, 0) is 30.4 Å². The van der Waals surface area contributed by atoms with Crippen molar-refractivity contribution >= 4 is 29.6 Å². The van der Waals surface area contributed by atoms with Crippen molar-refractivity contribution in [2.45, 2.75) is 56.7 Å². The number of carbonyl (C=O) groups is 5. The molecule has 1 rings (SSSR count). The Kier molecular flexibility index (Phi) is 12.9. The van der Waals surface area contributed by atoms with Crippen LogP contribution < -0.4 is 33.2 Å². The Morgan fingerprint density at radius 3 is 1.94 bits per heavy atom. The monoisotopic (exact) mass is 478 g/mol. The molecule has 4 amide bonds. The lowest BCUT2D eigenvalue weighted by molar-refractivity contribution is -0.142. The number of hydrogen-bond donors (Lipinski definition) is 7. The molecule has 0 radical (unpaired) electrons. The van der Waals surface area contributed by atoms with Crippen LogP contribution in [0.15, 0.2) is 30.3 Å².